The summed E-state index contributed by atoms with van der Waals surface area (Å²) in [6, 6.07) is 11.4. The molecule has 0 saturated carbocycles. The van der Waals surface area contributed by atoms with Crippen LogP contribution in [0.4, 0.5) is 0 Å². The first-order valence-corrected chi connectivity index (χ1v) is 8.73. The molecule has 0 unspecified atom stereocenters. The highest BCUT2D eigenvalue weighted by atomic mass is 16.5. The summed E-state index contributed by atoms with van der Waals surface area (Å²) in [7, 11) is 1.52. The number of aromatic nitrogens is 1. The number of benzene rings is 1. The summed E-state index contributed by atoms with van der Waals surface area (Å²) in [5, 5.41) is 3.17. The van der Waals surface area contributed by atoms with Gasteiger partial charge in [-0.2, -0.15) is 0 Å². The number of pyridine rings is 1. The van der Waals surface area contributed by atoms with Gasteiger partial charge in [0.05, 0.1) is 13.2 Å². The Morgan fingerprint density at radius 2 is 1.96 bits per heavy atom. The minimum atomic E-state index is -0.160. The number of amides is 2. The molecular weight excluding hydrogens is 330 g/mol. The van der Waals surface area contributed by atoms with E-state index >= 15 is 0 Å². The second-order valence-electron chi connectivity index (χ2n) is 6.86. The van der Waals surface area contributed by atoms with Crippen LogP contribution in [0.3, 0.4) is 0 Å². The van der Waals surface area contributed by atoms with Gasteiger partial charge in [0, 0.05) is 49.7 Å². The van der Waals surface area contributed by atoms with Crippen LogP contribution < -0.4 is 10.1 Å². The van der Waals surface area contributed by atoms with Crippen molar-refractivity contribution in [3.05, 3.63) is 59.3 Å². The summed E-state index contributed by atoms with van der Waals surface area (Å²) in [6.45, 7) is 2.98. The number of nitrogens with one attached hydrogen (secondary N) is 1. The average molecular weight is 351 g/mol. The number of carbonyl (C=O) groups excluding carboxylic acids is 2. The zero-order valence-electron chi connectivity index (χ0n) is 14.8. The molecule has 6 heteroatoms. The number of fused-ring (bicyclic) bond motifs is 3. The van der Waals surface area contributed by atoms with Gasteiger partial charge in [-0.15, -0.1) is 0 Å². The fourth-order valence-corrected chi connectivity index (χ4v) is 4.19. The van der Waals surface area contributed by atoms with Crippen LogP contribution in [0.25, 0.3) is 0 Å². The predicted octanol–water partition coefficient (Wildman–Crippen LogP) is 2.14. The molecule has 1 fully saturated rings. The largest absolute Gasteiger partial charge is 0.481 e. The standard InChI is InChI=1S/C20H21N3O3/c1-12(24)23-10-16-14-5-3-4-6-15(14)19(17(16)11-23)22-20(25)13-7-8-21-18(9-13)26-2/h3-9,16-17,19H,10-11H2,1-2H3,(H,22,25)/t16-,17-,19-/m1/s1. The zero-order chi connectivity index (χ0) is 18.3. The van der Waals surface area contributed by atoms with Crippen molar-refractivity contribution in [3.8, 4) is 5.88 Å². The van der Waals surface area contributed by atoms with Crippen molar-refractivity contribution >= 4 is 11.8 Å². The highest BCUT2D eigenvalue weighted by Gasteiger charge is 2.47. The third kappa shape index (κ3) is 2.71. The number of hydrogen-bond donors (Lipinski definition) is 1. The van der Waals surface area contributed by atoms with E-state index in [-0.39, 0.29) is 29.7 Å². The van der Waals surface area contributed by atoms with Gasteiger partial charge in [-0.1, -0.05) is 24.3 Å². The topological polar surface area (TPSA) is 71.5 Å². The van der Waals surface area contributed by atoms with Crippen molar-refractivity contribution in [2.45, 2.75) is 18.9 Å². The Bertz CT molecular complexity index is 867. The Hall–Kier alpha value is -2.89. The smallest absolute Gasteiger partial charge is 0.252 e. The quantitative estimate of drug-likeness (QED) is 0.920. The highest BCUT2D eigenvalue weighted by Crippen LogP contribution is 2.49. The zero-order valence-corrected chi connectivity index (χ0v) is 14.8. The van der Waals surface area contributed by atoms with Gasteiger partial charge in [-0.3, -0.25) is 9.59 Å². The molecule has 1 saturated heterocycles. The summed E-state index contributed by atoms with van der Waals surface area (Å²) < 4.78 is 5.11. The van der Waals surface area contributed by atoms with E-state index in [0.717, 1.165) is 5.56 Å². The Balaban J connectivity index is 1.62. The molecule has 1 aliphatic carbocycles. The van der Waals surface area contributed by atoms with Crippen molar-refractivity contribution in [2.24, 2.45) is 5.92 Å². The fourth-order valence-electron chi connectivity index (χ4n) is 4.19. The molecule has 1 aliphatic heterocycles. The van der Waals surface area contributed by atoms with E-state index in [1.54, 1.807) is 25.3 Å². The number of nitrogens with zero attached hydrogens (tertiary/aromatic N) is 2. The van der Waals surface area contributed by atoms with E-state index in [2.05, 4.69) is 22.4 Å². The third-order valence-corrected chi connectivity index (χ3v) is 5.46. The molecule has 6 nitrogen and oxygen atoms in total. The summed E-state index contributed by atoms with van der Waals surface area (Å²) in [5.41, 5.74) is 2.90. The van der Waals surface area contributed by atoms with Crippen LogP contribution >= 0.6 is 0 Å². The third-order valence-electron chi connectivity index (χ3n) is 5.46. The maximum Gasteiger partial charge on any atom is 0.252 e. The lowest BCUT2D eigenvalue weighted by Gasteiger charge is -2.22. The molecule has 1 N–H and O–H groups in total. The SMILES string of the molecule is COc1cc(C(=O)N[C@@H]2c3ccccc3[C@H]3CN(C(C)=O)C[C@H]32)ccn1. The number of likely N-dealkylation sites (tertiary alicyclic amines) is 1. The lowest BCUT2D eigenvalue weighted by molar-refractivity contribution is -0.128. The van der Waals surface area contributed by atoms with Gasteiger partial charge in [0.2, 0.25) is 11.8 Å². The van der Waals surface area contributed by atoms with Gasteiger partial charge in [-0.05, 0) is 17.2 Å². The molecule has 1 aromatic heterocycles. The molecule has 2 aliphatic rings. The van der Waals surface area contributed by atoms with E-state index in [1.807, 2.05) is 17.0 Å². The molecule has 0 bridgehead atoms. The van der Waals surface area contributed by atoms with Gasteiger partial charge in [0.15, 0.2) is 0 Å². The van der Waals surface area contributed by atoms with Crippen LogP contribution in [0.2, 0.25) is 0 Å². The second-order valence-corrected chi connectivity index (χ2v) is 6.86. The summed E-state index contributed by atoms with van der Waals surface area (Å²) in [5.74, 6) is 0.801. The van der Waals surface area contributed by atoms with E-state index < -0.39 is 0 Å². The van der Waals surface area contributed by atoms with Crippen LogP contribution in [-0.2, 0) is 4.79 Å². The lowest BCUT2D eigenvalue weighted by Crippen LogP contribution is -2.34. The molecular formula is C20H21N3O3. The monoisotopic (exact) mass is 351 g/mol. The predicted molar refractivity (Wildman–Crippen MR) is 95.9 cm³/mol. The summed E-state index contributed by atoms with van der Waals surface area (Å²) in [4.78, 5) is 30.6. The lowest BCUT2D eigenvalue weighted by atomic mass is 9.94. The second kappa shape index (κ2) is 6.44. The number of hydrogen-bond acceptors (Lipinski definition) is 4. The van der Waals surface area contributed by atoms with Crippen LogP contribution in [-0.4, -0.2) is 41.9 Å². The van der Waals surface area contributed by atoms with E-state index in [9.17, 15) is 9.59 Å². The Labute approximate surface area is 152 Å². The molecule has 2 aromatic rings. The van der Waals surface area contributed by atoms with Gasteiger partial charge in [0.1, 0.15) is 0 Å². The van der Waals surface area contributed by atoms with Crippen molar-refractivity contribution in [2.75, 3.05) is 20.2 Å². The first kappa shape index (κ1) is 16.6. The van der Waals surface area contributed by atoms with Crippen molar-refractivity contribution < 1.29 is 14.3 Å². The first-order chi connectivity index (χ1) is 12.6. The number of methoxy groups -OCH3 is 1. The van der Waals surface area contributed by atoms with Crippen LogP contribution in [0, 0.1) is 5.92 Å². The maximum atomic E-state index is 12.8. The summed E-state index contributed by atoms with van der Waals surface area (Å²) >= 11 is 0. The maximum absolute atomic E-state index is 12.8. The minimum Gasteiger partial charge on any atom is -0.481 e. The Morgan fingerprint density at radius 3 is 2.69 bits per heavy atom. The summed E-state index contributed by atoms with van der Waals surface area (Å²) in [6.07, 6.45) is 1.56. The molecule has 1 aromatic carbocycles. The number of ether oxygens (including phenoxy) is 1. The molecule has 0 spiro atoms. The molecule has 2 amide bonds. The number of rotatable bonds is 3. The molecule has 26 heavy (non-hydrogen) atoms. The van der Waals surface area contributed by atoms with E-state index in [1.165, 1.54) is 12.7 Å². The van der Waals surface area contributed by atoms with Crippen LogP contribution in [0.5, 0.6) is 5.88 Å². The van der Waals surface area contributed by atoms with Crippen molar-refractivity contribution in [3.63, 3.8) is 0 Å². The average Bonchev–Trinajstić information content (AvgIpc) is 3.21. The van der Waals surface area contributed by atoms with E-state index in [0.29, 0.717) is 24.5 Å². The van der Waals surface area contributed by atoms with Gasteiger partial charge in [-0.25, -0.2) is 4.98 Å². The Kier molecular flexibility index (Phi) is 4.11. The molecule has 0 radical (unpaired) electrons. The fraction of sp³-hybridized carbons (Fsp3) is 0.350. The van der Waals surface area contributed by atoms with Crippen molar-refractivity contribution in [1.82, 2.24) is 15.2 Å². The van der Waals surface area contributed by atoms with Crippen molar-refractivity contribution in [1.29, 1.82) is 0 Å². The Morgan fingerprint density at radius 1 is 1.19 bits per heavy atom. The molecule has 2 heterocycles. The van der Waals surface area contributed by atoms with Crippen LogP contribution in [0.15, 0.2) is 42.6 Å². The normalized spacial score (nSPS) is 23.3. The first-order valence-electron chi connectivity index (χ1n) is 8.73. The molecule has 4 rings (SSSR count). The van der Waals surface area contributed by atoms with Crippen LogP contribution in [0.1, 0.15) is 40.4 Å². The van der Waals surface area contributed by atoms with Gasteiger partial charge >= 0.3 is 0 Å². The highest BCUT2D eigenvalue weighted by molar-refractivity contribution is 5.94. The molecule has 3 atom stereocenters. The minimum absolute atomic E-state index is 0.0841. The molecule has 134 valence electrons. The van der Waals surface area contributed by atoms with Gasteiger partial charge < -0.3 is 15.0 Å². The number of carbonyl (C=O) groups is 2. The van der Waals surface area contributed by atoms with E-state index in [4.69, 9.17) is 4.74 Å². The van der Waals surface area contributed by atoms with Gasteiger partial charge in [0.25, 0.3) is 5.91 Å².